The molecule has 186 valence electrons. The maximum Gasteiger partial charge on any atom is 0.295 e. The molecule has 6 nitrogen and oxygen atoms in total. The fraction of sp³-hybridized carbons (Fsp3) is 0.267. The van der Waals surface area contributed by atoms with Gasteiger partial charge in [-0.2, -0.15) is 0 Å². The van der Waals surface area contributed by atoms with E-state index in [0.29, 0.717) is 48.8 Å². The Hall–Kier alpha value is -4.06. The number of ether oxygens (including phenoxy) is 2. The summed E-state index contributed by atoms with van der Waals surface area (Å²) in [5.41, 5.74) is 3.31. The molecule has 4 rings (SSSR count). The van der Waals surface area contributed by atoms with Crippen molar-refractivity contribution in [3.05, 3.63) is 101 Å². The smallest absolute Gasteiger partial charge is 0.295 e. The normalized spacial score (nSPS) is 16.9. The Bertz CT molecular complexity index is 1260. The molecule has 1 amide bonds. The molecule has 0 spiro atoms. The summed E-state index contributed by atoms with van der Waals surface area (Å²) in [6.07, 6.45) is 0.574. The Morgan fingerprint density at radius 2 is 1.56 bits per heavy atom. The van der Waals surface area contributed by atoms with Crippen LogP contribution in [0.2, 0.25) is 0 Å². The second-order valence-corrected chi connectivity index (χ2v) is 8.67. The number of aliphatic hydroxyl groups excluding tert-OH is 1. The molecule has 1 heterocycles. The van der Waals surface area contributed by atoms with Gasteiger partial charge < -0.3 is 19.5 Å². The summed E-state index contributed by atoms with van der Waals surface area (Å²) in [7, 11) is 0. The zero-order valence-electron chi connectivity index (χ0n) is 20.9. The minimum absolute atomic E-state index is 0.0727. The van der Waals surface area contributed by atoms with Crippen LogP contribution < -0.4 is 9.47 Å². The molecule has 0 radical (unpaired) electrons. The number of rotatable bonds is 9. The number of hydrogen-bond acceptors (Lipinski definition) is 5. The maximum absolute atomic E-state index is 13.3. The molecule has 0 aromatic heterocycles. The number of likely N-dealkylation sites (tertiary alicyclic amines) is 1. The van der Waals surface area contributed by atoms with E-state index in [1.165, 1.54) is 0 Å². The van der Waals surface area contributed by atoms with Gasteiger partial charge in [-0.25, -0.2) is 0 Å². The van der Waals surface area contributed by atoms with E-state index in [-0.39, 0.29) is 11.3 Å². The molecule has 1 aliphatic heterocycles. The molecule has 3 aromatic carbocycles. The van der Waals surface area contributed by atoms with Gasteiger partial charge in [0.25, 0.3) is 11.7 Å². The van der Waals surface area contributed by atoms with Gasteiger partial charge in [-0.3, -0.25) is 9.59 Å². The summed E-state index contributed by atoms with van der Waals surface area (Å²) in [5.74, 6) is -0.398. The van der Waals surface area contributed by atoms with Crippen molar-refractivity contribution < 1.29 is 24.2 Å². The highest BCUT2D eigenvalue weighted by atomic mass is 16.5. The van der Waals surface area contributed by atoms with Crippen LogP contribution in [0.5, 0.6) is 11.5 Å². The number of ketones is 1. The SMILES string of the molecule is CCOc1ccc(C2/C(=C(\O)c3ccc(C)cc3)C(=O)C(=O)N2CCc2ccccc2)cc1OCC. The standard InChI is InChI=1S/C30H31NO5/c1-4-35-24-16-15-23(19-25(24)36-5-2)27-26(28(32)22-13-11-20(3)12-14-22)29(33)30(34)31(27)18-17-21-9-7-6-8-10-21/h6-16,19,27,32H,4-5,17-18H2,1-3H3/b28-26+. The largest absolute Gasteiger partial charge is 0.507 e. The number of amides is 1. The Morgan fingerprint density at radius 3 is 2.22 bits per heavy atom. The fourth-order valence-corrected chi connectivity index (χ4v) is 4.46. The van der Waals surface area contributed by atoms with E-state index in [1.54, 1.807) is 29.2 Å². The van der Waals surface area contributed by atoms with Crippen molar-refractivity contribution in [1.82, 2.24) is 4.90 Å². The average molecular weight is 486 g/mol. The molecule has 36 heavy (non-hydrogen) atoms. The van der Waals surface area contributed by atoms with Crippen LogP contribution >= 0.6 is 0 Å². The first kappa shape index (κ1) is 25.0. The maximum atomic E-state index is 13.3. The molecule has 1 aliphatic rings. The van der Waals surface area contributed by atoms with Gasteiger partial charge in [-0.1, -0.05) is 66.2 Å². The van der Waals surface area contributed by atoms with Gasteiger partial charge in [-0.15, -0.1) is 0 Å². The second kappa shape index (κ2) is 11.1. The number of benzene rings is 3. The van der Waals surface area contributed by atoms with Crippen molar-refractivity contribution in [2.45, 2.75) is 33.2 Å². The van der Waals surface area contributed by atoms with E-state index in [0.717, 1.165) is 11.1 Å². The molecule has 1 unspecified atom stereocenters. The third kappa shape index (κ3) is 5.13. The quantitative estimate of drug-likeness (QED) is 0.248. The summed E-state index contributed by atoms with van der Waals surface area (Å²) in [6.45, 7) is 6.95. The van der Waals surface area contributed by atoms with Crippen molar-refractivity contribution >= 4 is 17.4 Å². The third-order valence-electron chi connectivity index (χ3n) is 6.23. The zero-order valence-corrected chi connectivity index (χ0v) is 20.9. The van der Waals surface area contributed by atoms with E-state index in [1.807, 2.05) is 69.3 Å². The molecule has 1 fully saturated rings. The van der Waals surface area contributed by atoms with Crippen LogP contribution in [0.3, 0.4) is 0 Å². The molecule has 6 heteroatoms. The number of aryl methyl sites for hydroxylation is 1. The van der Waals surface area contributed by atoms with Gasteiger partial charge in [0, 0.05) is 12.1 Å². The monoisotopic (exact) mass is 485 g/mol. The van der Waals surface area contributed by atoms with Crippen LogP contribution in [-0.4, -0.2) is 41.5 Å². The molecule has 0 aliphatic carbocycles. The lowest BCUT2D eigenvalue weighted by molar-refractivity contribution is -0.139. The molecule has 0 bridgehead atoms. The van der Waals surface area contributed by atoms with Crippen molar-refractivity contribution in [1.29, 1.82) is 0 Å². The third-order valence-corrected chi connectivity index (χ3v) is 6.23. The van der Waals surface area contributed by atoms with Gasteiger partial charge in [0.2, 0.25) is 0 Å². The first-order valence-electron chi connectivity index (χ1n) is 12.2. The Morgan fingerprint density at radius 1 is 0.889 bits per heavy atom. The summed E-state index contributed by atoms with van der Waals surface area (Å²) < 4.78 is 11.5. The van der Waals surface area contributed by atoms with Gasteiger partial charge in [0.1, 0.15) is 5.76 Å². The lowest BCUT2D eigenvalue weighted by Gasteiger charge is -2.26. The predicted octanol–water partition coefficient (Wildman–Crippen LogP) is 5.46. The molecular formula is C30H31NO5. The number of aliphatic hydroxyl groups is 1. The van der Waals surface area contributed by atoms with Crippen LogP contribution in [0.15, 0.2) is 78.4 Å². The van der Waals surface area contributed by atoms with E-state index in [2.05, 4.69) is 0 Å². The molecule has 0 saturated carbocycles. The molecular weight excluding hydrogens is 454 g/mol. The van der Waals surface area contributed by atoms with E-state index >= 15 is 0 Å². The molecule has 1 N–H and O–H groups in total. The minimum Gasteiger partial charge on any atom is -0.507 e. The van der Waals surface area contributed by atoms with Crippen molar-refractivity contribution in [2.75, 3.05) is 19.8 Å². The number of Topliss-reactive ketones (excluding diaryl/α,β-unsaturated/α-hetero) is 1. The topological polar surface area (TPSA) is 76.1 Å². The summed E-state index contributed by atoms with van der Waals surface area (Å²) in [4.78, 5) is 28.1. The highest BCUT2D eigenvalue weighted by Gasteiger charge is 2.46. The zero-order chi connectivity index (χ0) is 25.7. The van der Waals surface area contributed by atoms with E-state index in [9.17, 15) is 14.7 Å². The Labute approximate surface area is 211 Å². The lowest BCUT2D eigenvalue weighted by Crippen LogP contribution is -2.31. The second-order valence-electron chi connectivity index (χ2n) is 8.67. The number of carbonyl (C=O) groups is 2. The average Bonchev–Trinajstić information content (AvgIpc) is 3.14. The number of hydrogen-bond donors (Lipinski definition) is 1. The first-order valence-corrected chi connectivity index (χ1v) is 12.2. The molecule has 1 saturated heterocycles. The minimum atomic E-state index is -0.759. The van der Waals surface area contributed by atoms with Crippen LogP contribution in [0.4, 0.5) is 0 Å². The fourth-order valence-electron chi connectivity index (χ4n) is 4.46. The first-order chi connectivity index (χ1) is 17.4. The van der Waals surface area contributed by atoms with Crippen LogP contribution in [0.1, 0.15) is 42.1 Å². The van der Waals surface area contributed by atoms with E-state index in [4.69, 9.17) is 9.47 Å². The summed E-state index contributed by atoms with van der Waals surface area (Å²) >= 11 is 0. The van der Waals surface area contributed by atoms with E-state index < -0.39 is 17.7 Å². The predicted molar refractivity (Wildman–Crippen MR) is 139 cm³/mol. The van der Waals surface area contributed by atoms with Gasteiger partial charge in [0.05, 0.1) is 24.8 Å². The highest BCUT2D eigenvalue weighted by molar-refractivity contribution is 6.46. The van der Waals surface area contributed by atoms with Crippen LogP contribution in [0, 0.1) is 6.92 Å². The number of nitrogens with zero attached hydrogens (tertiary/aromatic N) is 1. The van der Waals surface area contributed by atoms with Gasteiger partial charge in [0.15, 0.2) is 11.5 Å². The van der Waals surface area contributed by atoms with Crippen LogP contribution in [0.25, 0.3) is 5.76 Å². The van der Waals surface area contributed by atoms with Gasteiger partial charge >= 0.3 is 0 Å². The van der Waals surface area contributed by atoms with Gasteiger partial charge in [-0.05, 0) is 50.5 Å². The highest BCUT2D eigenvalue weighted by Crippen LogP contribution is 2.42. The Kier molecular flexibility index (Phi) is 7.74. The number of carbonyl (C=O) groups excluding carboxylic acids is 2. The van der Waals surface area contributed by atoms with Crippen molar-refractivity contribution in [3.8, 4) is 11.5 Å². The van der Waals surface area contributed by atoms with Crippen molar-refractivity contribution in [3.63, 3.8) is 0 Å². The Balaban J connectivity index is 1.82. The summed E-state index contributed by atoms with van der Waals surface area (Å²) in [6, 6.07) is 21.7. The molecule has 1 atom stereocenters. The van der Waals surface area contributed by atoms with Crippen molar-refractivity contribution in [2.24, 2.45) is 0 Å². The molecule has 3 aromatic rings. The van der Waals surface area contributed by atoms with Crippen LogP contribution in [-0.2, 0) is 16.0 Å². The lowest BCUT2D eigenvalue weighted by atomic mass is 9.94. The summed E-state index contributed by atoms with van der Waals surface area (Å²) in [5, 5.41) is 11.3.